The van der Waals surface area contributed by atoms with Crippen LogP contribution in [0.3, 0.4) is 0 Å². The van der Waals surface area contributed by atoms with Gasteiger partial charge in [-0.2, -0.15) is 0 Å². The quantitative estimate of drug-likeness (QED) is 0.728. The smallest absolute Gasteiger partial charge is 0.169 e. The first-order chi connectivity index (χ1) is 11.3. The number of rotatable bonds is 5. The summed E-state index contributed by atoms with van der Waals surface area (Å²) in [5.74, 6) is 1.58. The van der Waals surface area contributed by atoms with Crippen molar-refractivity contribution in [3.63, 3.8) is 0 Å². The van der Waals surface area contributed by atoms with E-state index in [2.05, 4.69) is 15.9 Å². The van der Waals surface area contributed by atoms with Crippen molar-refractivity contribution in [1.29, 1.82) is 0 Å². The molecule has 0 N–H and O–H groups in total. The van der Waals surface area contributed by atoms with E-state index in [-0.39, 0.29) is 18.5 Å². The molecule has 2 aromatic carbocycles. The van der Waals surface area contributed by atoms with Gasteiger partial charge in [-0.05, 0) is 12.1 Å². The predicted octanol–water partition coefficient (Wildman–Crippen LogP) is 4.25. The molecule has 1 saturated heterocycles. The normalized spacial score (nSPS) is 21.3. The molecule has 0 aliphatic carbocycles. The highest BCUT2D eigenvalue weighted by atomic mass is 79.9. The molecule has 0 amide bonds. The van der Waals surface area contributed by atoms with Crippen LogP contribution in [0.4, 0.5) is 0 Å². The monoisotopic (exact) mass is 378 g/mol. The predicted molar refractivity (Wildman–Crippen MR) is 91.2 cm³/mol. The zero-order chi connectivity index (χ0) is 16.2. The molecule has 0 radical (unpaired) electrons. The van der Waals surface area contributed by atoms with Gasteiger partial charge in [0.05, 0.1) is 19.5 Å². The minimum absolute atomic E-state index is 0.259. The molecule has 4 nitrogen and oxygen atoms in total. The van der Waals surface area contributed by atoms with Crippen molar-refractivity contribution >= 4 is 15.9 Å². The molecule has 122 valence electrons. The summed E-state index contributed by atoms with van der Waals surface area (Å²) in [6, 6.07) is 15.7. The van der Waals surface area contributed by atoms with E-state index in [4.69, 9.17) is 18.9 Å². The Labute approximate surface area is 144 Å². The van der Waals surface area contributed by atoms with E-state index in [0.717, 1.165) is 22.6 Å². The molecule has 0 unspecified atom stereocenters. The minimum atomic E-state index is -0.320. The van der Waals surface area contributed by atoms with Gasteiger partial charge in [-0.3, -0.25) is 0 Å². The van der Waals surface area contributed by atoms with Crippen LogP contribution in [-0.4, -0.2) is 25.8 Å². The van der Waals surface area contributed by atoms with E-state index in [1.165, 1.54) is 0 Å². The summed E-state index contributed by atoms with van der Waals surface area (Å²) in [4.78, 5) is 0. The zero-order valence-electron chi connectivity index (χ0n) is 13.1. The molecule has 1 heterocycles. The second-order valence-corrected chi connectivity index (χ2v) is 5.83. The zero-order valence-corrected chi connectivity index (χ0v) is 14.7. The molecule has 1 aliphatic heterocycles. The summed E-state index contributed by atoms with van der Waals surface area (Å²) in [5.41, 5.74) is 1.93. The van der Waals surface area contributed by atoms with E-state index in [0.29, 0.717) is 5.33 Å². The average Bonchev–Trinajstić information content (AvgIpc) is 3.05. The van der Waals surface area contributed by atoms with E-state index in [1.54, 1.807) is 14.2 Å². The number of alkyl halides is 1. The van der Waals surface area contributed by atoms with Crippen LogP contribution in [0.2, 0.25) is 0 Å². The Kier molecular flexibility index (Phi) is 5.20. The average molecular weight is 379 g/mol. The standard InChI is InChI=1S/C18H19BrO4/c1-20-14-9-5-3-7-12(14)17-18(23-16(11-19)22-17)13-8-4-6-10-15(13)21-2/h3-10,16-18H,11H2,1-2H3/t17-,18-/m0/s1. The van der Waals surface area contributed by atoms with Crippen LogP contribution in [-0.2, 0) is 9.47 Å². The molecule has 2 aromatic rings. The number of ether oxygens (including phenoxy) is 4. The number of halogens is 1. The highest BCUT2D eigenvalue weighted by molar-refractivity contribution is 9.09. The Morgan fingerprint density at radius 2 is 1.26 bits per heavy atom. The lowest BCUT2D eigenvalue weighted by Crippen LogP contribution is -2.09. The number of para-hydroxylation sites is 2. The molecule has 0 bridgehead atoms. The molecule has 0 spiro atoms. The van der Waals surface area contributed by atoms with Crippen LogP contribution in [0.5, 0.6) is 11.5 Å². The molecule has 1 fully saturated rings. The fourth-order valence-electron chi connectivity index (χ4n) is 2.85. The van der Waals surface area contributed by atoms with E-state index >= 15 is 0 Å². The van der Waals surface area contributed by atoms with Crippen LogP contribution < -0.4 is 9.47 Å². The topological polar surface area (TPSA) is 36.9 Å². The lowest BCUT2D eigenvalue weighted by Gasteiger charge is -2.21. The first-order valence-electron chi connectivity index (χ1n) is 7.41. The molecular formula is C18H19BrO4. The summed E-state index contributed by atoms with van der Waals surface area (Å²) in [5, 5.41) is 0.601. The van der Waals surface area contributed by atoms with Crippen molar-refractivity contribution in [2.75, 3.05) is 19.5 Å². The Bertz CT molecular complexity index is 605. The second-order valence-electron chi connectivity index (χ2n) is 5.18. The molecule has 3 rings (SSSR count). The highest BCUT2D eigenvalue weighted by Gasteiger charge is 2.40. The molecule has 0 saturated carbocycles. The third-order valence-corrected chi connectivity index (χ3v) is 4.42. The van der Waals surface area contributed by atoms with Crippen LogP contribution in [0.15, 0.2) is 48.5 Å². The Balaban J connectivity index is 2.03. The number of hydrogen-bond donors (Lipinski definition) is 0. The largest absolute Gasteiger partial charge is 0.496 e. The summed E-state index contributed by atoms with van der Waals surface area (Å²) < 4.78 is 23.2. The SMILES string of the molecule is COc1ccccc1[C@@H]1OC(CBr)O[C@H]1c1ccccc1OC. The van der Waals surface area contributed by atoms with Gasteiger partial charge in [-0.25, -0.2) is 0 Å². The lowest BCUT2D eigenvalue weighted by molar-refractivity contribution is -0.0472. The van der Waals surface area contributed by atoms with Crippen molar-refractivity contribution in [2.45, 2.75) is 18.5 Å². The number of methoxy groups -OCH3 is 2. The molecule has 23 heavy (non-hydrogen) atoms. The summed E-state index contributed by atoms with van der Waals surface area (Å²) in [6.07, 6.45) is -0.838. The number of benzene rings is 2. The Morgan fingerprint density at radius 1 is 0.826 bits per heavy atom. The van der Waals surface area contributed by atoms with E-state index < -0.39 is 0 Å². The van der Waals surface area contributed by atoms with Gasteiger partial charge in [0.25, 0.3) is 0 Å². The van der Waals surface area contributed by atoms with Gasteiger partial charge in [0.2, 0.25) is 0 Å². The van der Waals surface area contributed by atoms with E-state index in [9.17, 15) is 0 Å². The third-order valence-electron chi connectivity index (χ3n) is 3.89. The maximum Gasteiger partial charge on any atom is 0.169 e. The van der Waals surface area contributed by atoms with E-state index in [1.807, 2.05) is 48.5 Å². The van der Waals surface area contributed by atoms with Gasteiger partial charge >= 0.3 is 0 Å². The van der Waals surface area contributed by atoms with Crippen molar-refractivity contribution in [1.82, 2.24) is 0 Å². The maximum absolute atomic E-state index is 6.10. The molecular weight excluding hydrogens is 360 g/mol. The molecule has 5 heteroatoms. The Hall–Kier alpha value is -1.56. The van der Waals surface area contributed by atoms with Gasteiger partial charge in [0, 0.05) is 11.1 Å². The molecule has 1 aliphatic rings. The molecule has 2 atom stereocenters. The third kappa shape index (κ3) is 3.22. The van der Waals surface area contributed by atoms with Gasteiger partial charge in [-0.1, -0.05) is 52.3 Å². The van der Waals surface area contributed by atoms with Gasteiger partial charge in [0.15, 0.2) is 6.29 Å². The lowest BCUT2D eigenvalue weighted by atomic mass is 9.97. The molecule has 0 aromatic heterocycles. The van der Waals surface area contributed by atoms with Crippen LogP contribution in [0.25, 0.3) is 0 Å². The van der Waals surface area contributed by atoms with Crippen LogP contribution >= 0.6 is 15.9 Å². The highest BCUT2D eigenvalue weighted by Crippen LogP contribution is 2.47. The van der Waals surface area contributed by atoms with Crippen molar-refractivity contribution in [3.8, 4) is 11.5 Å². The second kappa shape index (κ2) is 7.34. The summed E-state index contributed by atoms with van der Waals surface area (Å²) in [7, 11) is 3.32. The minimum Gasteiger partial charge on any atom is -0.496 e. The van der Waals surface area contributed by atoms with Crippen molar-refractivity contribution in [3.05, 3.63) is 59.7 Å². The fraction of sp³-hybridized carbons (Fsp3) is 0.333. The van der Waals surface area contributed by atoms with Crippen molar-refractivity contribution in [2.24, 2.45) is 0 Å². The van der Waals surface area contributed by atoms with Gasteiger partial charge < -0.3 is 18.9 Å². The van der Waals surface area contributed by atoms with Crippen LogP contribution in [0, 0.1) is 0 Å². The van der Waals surface area contributed by atoms with Crippen molar-refractivity contribution < 1.29 is 18.9 Å². The summed E-state index contributed by atoms with van der Waals surface area (Å²) in [6.45, 7) is 0. The maximum atomic E-state index is 6.10. The Morgan fingerprint density at radius 3 is 1.65 bits per heavy atom. The number of hydrogen-bond acceptors (Lipinski definition) is 4. The van der Waals surface area contributed by atoms with Gasteiger partial charge in [0.1, 0.15) is 23.7 Å². The fourth-order valence-corrected chi connectivity index (χ4v) is 3.16. The van der Waals surface area contributed by atoms with Crippen LogP contribution in [0.1, 0.15) is 23.3 Å². The summed E-state index contributed by atoms with van der Waals surface area (Å²) >= 11 is 3.43. The first-order valence-corrected chi connectivity index (χ1v) is 8.53. The van der Waals surface area contributed by atoms with Gasteiger partial charge in [-0.15, -0.1) is 0 Å². The first kappa shape index (κ1) is 16.3.